The molecular weight excluding hydrogens is 383 g/mol. The first kappa shape index (κ1) is 15.0. The smallest absolute Gasteiger partial charge is 0.139 e. The molecule has 1 aromatic heterocycles. The van der Waals surface area contributed by atoms with Crippen LogP contribution in [-0.2, 0) is 12.4 Å². The molecule has 2 heterocycles. The average Bonchev–Trinajstić information content (AvgIpc) is 2.78. The van der Waals surface area contributed by atoms with Crippen molar-refractivity contribution >= 4 is 62.1 Å². The van der Waals surface area contributed by atoms with Gasteiger partial charge in [0.2, 0.25) is 0 Å². The van der Waals surface area contributed by atoms with Crippen molar-refractivity contribution in [3.05, 3.63) is 28.2 Å². The molecule has 1 saturated heterocycles. The molecule has 0 saturated carbocycles. The number of imidazole rings is 1. The predicted octanol–water partition coefficient (Wildman–Crippen LogP) is 4.53. The van der Waals surface area contributed by atoms with E-state index in [0.29, 0.717) is 15.6 Å². The highest BCUT2D eigenvalue weighted by Crippen LogP contribution is 2.29. The minimum atomic E-state index is -0.259. The number of hydrogen-bond donors (Lipinski definition) is 0. The summed E-state index contributed by atoms with van der Waals surface area (Å²) in [5.74, 6) is 4.43. The maximum Gasteiger partial charge on any atom is 0.139 e. The largest absolute Gasteiger partial charge is 0.326 e. The van der Waals surface area contributed by atoms with E-state index in [1.54, 1.807) is 12.1 Å². The molecule has 0 bridgehead atoms. The molecule has 0 aliphatic carbocycles. The van der Waals surface area contributed by atoms with Gasteiger partial charge in [0.05, 0.1) is 21.4 Å². The summed E-state index contributed by atoms with van der Waals surface area (Å²) in [7, 11) is 0. The number of nitrogens with zero attached hydrogens (tertiary/aromatic N) is 2. The molecule has 0 amide bonds. The van der Waals surface area contributed by atoms with Crippen molar-refractivity contribution in [3.8, 4) is 0 Å². The normalized spacial score (nSPS) is 19.6. The Balaban J connectivity index is 2.00. The molecule has 1 aliphatic heterocycles. The number of aromatic nitrogens is 2. The van der Waals surface area contributed by atoms with Gasteiger partial charge in [0.25, 0.3) is 0 Å². The van der Waals surface area contributed by atoms with Crippen molar-refractivity contribution in [3.63, 3.8) is 0 Å². The first-order chi connectivity index (χ1) is 9.69. The van der Waals surface area contributed by atoms with Gasteiger partial charge in [0.15, 0.2) is 0 Å². The van der Waals surface area contributed by atoms with Gasteiger partial charge >= 0.3 is 0 Å². The third-order valence-electron chi connectivity index (χ3n) is 3.26. The Hall–Kier alpha value is 0.0900. The van der Waals surface area contributed by atoms with Crippen LogP contribution >= 0.6 is 51.1 Å². The first-order valence-corrected chi connectivity index (χ1v) is 9.81. The molecule has 1 unspecified atom stereocenters. The summed E-state index contributed by atoms with van der Waals surface area (Å²) in [6.45, 7) is 0.845. The van der Waals surface area contributed by atoms with E-state index in [-0.39, 0.29) is 5.82 Å². The van der Waals surface area contributed by atoms with Crippen LogP contribution in [0.15, 0.2) is 16.6 Å². The molecule has 3 rings (SSSR count). The van der Waals surface area contributed by atoms with Crippen LogP contribution in [0.3, 0.4) is 0 Å². The zero-order chi connectivity index (χ0) is 14.1. The molecule has 7 heteroatoms. The Morgan fingerprint density at radius 2 is 2.30 bits per heavy atom. The number of thioether (sulfide) groups is 2. The van der Waals surface area contributed by atoms with Crippen LogP contribution in [-0.4, -0.2) is 32.1 Å². The Labute approximate surface area is 139 Å². The van der Waals surface area contributed by atoms with Gasteiger partial charge in [-0.15, -0.1) is 11.6 Å². The van der Waals surface area contributed by atoms with Crippen LogP contribution in [0.5, 0.6) is 0 Å². The second-order valence-electron chi connectivity index (χ2n) is 4.60. The minimum absolute atomic E-state index is 0.259. The third-order valence-corrected chi connectivity index (χ3v) is 6.93. The monoisotopic (exact) mass is 394 g/mol. The highest BCUT2D eigenvalue weighted by Gasteiger charge is 2.19. The van der Waals surface area contributed by atoms with Gasteiger partial charge < -0.3 is 4.57 Å². The standard InChI is InChI=1S/C13H13BrClFN2S2/c14-9-3-11-12(4-10(9)16)18(13(5-15)17-11)6-8-7-19-1-2-20-8/h3-4,8H,1-2,5-7H2. The molecule has 1 aliphatic rings. The van der Waals surface area contributed by atoms with Gasteiger partial charge in [0, 0.05) is 35.1 Å². The SMILES string of the molecule is Fc1cc2c(cc1Br)nc(CCl)n2CC1CSCCS1. The number of rotatable bonds is 3. The summed E-state index contributed by atoms with van der Waals surface area (Å²) in [5.41, 5.74) is 1.62. The molecular formula is C13H13BrClFN2S2. The van der Waals surface area contributed by atoms with E-state index in [1.807, 2.05) is 23.5 Å². The van der Waals surface area contributed by atoms with Crippen molar-refractivity contribution in [2.45, 2.75) is 17.7 Å². The van der Waals surface area contributed by atoms with Gasteiger partial charge in [-0.25, -0.2) is 9.37 Å². The van der Waals surface area contributed by atoms with Crippen molar-refractivity contribution < 1.29 is 4.39 Å². The lowest BCUT2D eigenvalue weighted by atomic mass is 10.3. The molecule has 1 fully saturated rings. The van der Waals surface area contributed by atoms with Crippen LogP contribution in [0, 0.1) is 5.82 Å². The van der Waals surface area contributed by atoms with Gasteiger partial charge in [-0.2, -0.15) is 23.5 Å². The zero-order valence-corrected chi connectivity index (χ0v) is 14.6. The summed E-state index contributed by atoms with van der Waals surface area (Å²) >= 11 is 13.2. The Bertz CT molecular complexity index is 628. The number of hydrogen-bond acceptors (Lipinski definition) is 3. The quantitative estimate of drug-likeness (QED) is 0.711. The topological polar surface area (TPSA) is 17.8 Å². The Morgan fingerprint density at radius 1 is 1.45 bits per heavy atom. The highest BCUT2D eigenvalue weighted by atomic mass is 79.9. The highest BCUT2D eigenvalue weighted by molar-refractivity contribution is 9.10. The molecule has 0 spiro atoms. The van der Waals surface area contributed by atoms with Crippen molar-refractivity contribution in [1.29, 1.82) is 0 Å². The summed E-state index contributed by atoms with van der Waals surface area (Å²) in [6.07, 6.45) is 0. The van der Waals surface area contributed by atoms with E-state index in [2.05, 4.69) is 25.5 Å². The van der Waals surface area contributed by atoms with E-state index in [1.165, 1.54) is 11.5 Å². The summed E-state index contributed by atoms with van der Waals surface area (Å²) in [6, 6.07) is 3.27. The average molecular weight is 396 g/mol. The lowest BCUT2D eigenvalue weighted by Crippen LogP contribution is -2.21. The van der Waals surface area contributed by atoms with Crippen LogP contribution in [0.2, 0.25) is 0 Å². The summed E-state index contributed by atoms with van der Waals surface area (Å²) < 4.78 is 16.3. The summed E-state index contributed by atoms with van der Waals surface area (Å²) in [5, 5.41) is 0.542. The molecule has 1 atom stereocenters. The Kier molecular flexibility index (Phi) is 4.85. The number of fused-ring (bicyclic) bond motifs is 1. The first-order valence-electron chi connectivity index (χ1n) is 6.28. The molecule has 2 aromatic rings. The van der Waals surface area contributed by atoms with Crippen molar-refractivity contribution in [2.75, 3.05) is 17.3 Å². The van der Waals surface area contributed by atoms with E-state index < -0.39 is 0 Å². The van der Waals surface area contributed by atoms with Gasteiger partial charge in [-0.1, -0.05) is 0 Å². The van der Waals surface area contributed by atoms with E-state index in [9.17, 15) is 4.39 Å². The van der Waals surface area contributed by atoms with Crippen LogP contribution < -0.4 is 0 Å². The molecule has 0 radical (unpaired) electrons. The third kappa shape index (κ3) is 2.98. The van der Waals surface area contributed by atoms with E-state index >= 15 is 0 Å². The fourth-order valence-corrected chi connectivity index (χ4v) is 5.51. The van der Waals surface area contributed by atoms with Crippen LogP contribution in [0.1, 0.15) is 5.82 Å². The second kappa shape index (κ2) is 6.46. The number of benzene rings is 1. The number of halogens is 3. The fraction of sp³-hybridized carbons (Fsp3) is 0.462. The fourth-order valence-electron chi connectivity index (χ4n) is 2.32. The molecule has 108 valence electrons. The van der Waals surface area contributed by atoms with Gasteiger partial charge in [-0.3, -0.25) is 0 Å². The van der Waals surface area contributed by atoms with E-state index in [0.717, 1.165) is 29.2 Å². The maximum absolute atomic E-state index is 13.8. The molecule has 2 nitrogen and oxygen atoms in total. The lowest BCUT2D eigenvalue weighted by molar-refractivity contribution is 0.620. The van der Waals surface area contributed by atoms with Gasteiger partial charge in [0.1, 0.15) is 11.6 Å². The van der Waals surface area contributed by atoms with Crippen LogP contribution in [0.25, 0.3) is 11.0 Å². The molecule has 1 aromatic carbocycles. The van der Waals surface area contributed by atoms with Crippen molar-refractivity contribution in [1.82, 2.24) is 9.55 Å². The molecule has 0 N–H and O–H groups in total. The van der Waals surface area contributed by atoms with Crippen molar-refractivity contribution in [2.24, 2.45) is 0 Å². The Morgan fingerprint density at radius 3 is 3.00 bits per heavy atom. The minimum Gasteiger partial charge on any atom is -0.326 e. The summed E-state index contributed by atoms with van der Waals surface area (Å²) in [4.78, 5) is 4.52. The van der Waals surface area contributed by atoms with Gasteiger partial charge in [-0.05, 0) is 22.0 Å². The number of alkyl halides is 1. The zero-order valence-electron chi connectivity index (χ0n) is 10.6. The second-order valence-corrected chi connectivity index (χ2v) is 8.27. The maximum atomic E-state index is 13.8. The molecule has 20 heavy (non-hydrogen) atoms. The van der Waals surface area contributed by atoms with E-state index in [4.69, 9.17) is 11.6 Å². The van der Waals surface area contributed by atoms with Crippen LogP contribution in [0.4, 0.5) is 4.39 Å². The predicted molar refractivity (Wildman–Crippen MR) is 90.5 cm³/mol. The lowest BCUT2D eigenvalue weighted by Gasteiger charge is -2.22.